The van der Waals surface area contributed by atoms with Crippen LogP contribution in [0.5, 0.6) is 0 Å². The summed E-state index contributed by atoms with van der Waals surface area (Å²) in [6.45, 7) is 0. The molecule has 0 saturated carbocycles. The third-order valence-corrected chi connectivity index (χ3v) is 3.97. The third kappa shape index (κ3) is 4.15. The first kappa shape index (κ1) is 17.0. The highest BCUT2D eigenvalue weighted by atomic mass is 14.3. The second-order valence-electron chi connectivity index (χ2n) is 5.74. The summed E-state index contributed by atoms with van der Waals surface area (Å²) >= 11 is 0. The van der Waals surface area contributed by atoms with Gasteiger partial charge in [0.15, 0.2) is 0 Å². The number of benzene rings is 3. The summed E-state index contributed by atoms with van der Waals surface area (Å²) in [6, 6.07) is 31.5. The molecule has 2 heteroatoms. The van der Waals surface area contributed by atoms with Gasteiger partial charge in [-0.2, -0.15) is 10.5 Å². The van der Waals surface area contributed by atoms with Crippen LogP contribution < -0.4 is 0 Å². The molecule has 3 rings (SSSR count). The Morgan fingerprint density at radius 3 is 1.19 bits per heavy atom. The van der Waals surface area contributed by atoms with Crippen molar-refractivity contribution in [2.75, 3.05) is 0 Å². The minimum Gasteiger partial charge on any atom is -0.192 e. The van der Waals surface area contributed by atoms with Gasteiger partial charge in [-0.05, 0) is 34.4 Å². The van der Waals surface area contributed by atoms with Crippen molar-refractivity contribution in [2.24, 2.45) is 0 Å². The van der Waals surface area contributed by atoms with Crippen LogP contribution in [0.2, 0.25) is 0 Å². The maximum Gasteiger partial charge on any atom is 0.0998 e. The maximum absolute atomic E-state index is 9.48. The molecular weight excluding hydrogens is 316 g/mol. The van der Waals surface area contributed by atoms with Crippen molar-refractivity contribution in [3.05, 3.63) is 107 Å². The predicted molar refractivity (Wildman–Crippen MR) is 106 cm³/mol. The van der Waals surface area contributed by atoms with Gasteiger partial charge in [0.2, 0.25) is 0 Å². The standard InChI is InChI=1S/C24H16N2/c25-17-23(15-19-7-3-1-4-8-19)21-11-13-22(14-12-21)24(18-26)16-20-9-5-2-6-10-20/h1-16H/b23-15-,24-16-. The lowest BCUT2D eigenvalue weighted by Gasteiger charge is -2.04. The minimum absolute atomic E-state index is 0.591. The van der Waals surface area contributed by atoms with E-state index in [1.807, 2.05) is 97.1 Å². The number of rotatable bonds is 4. The zero-order valence-electron chi connectivity index (χ0n) is 14.1. The molecule has 0 bridgehead atoms. The van der Waals surface area contributed by atoms with Crippen LogP contribution in [0, 0.1) is 22.7 Å². The van der Waals surface area contributed by atoms with Gasteiger partial charge in [-0.1, -0.05) is 84.9 Å². The SMILES string of the molecule is N#C/C(=C/c1ccccc1)c1ccc(/C(C#N)=C\c2ccccc2)cc1. The lowest BCUT2D eigenvalue weighted by molar-refractivity contribution is 1.50. The molecule has 0 aromatic heterocycles. The minimum atomic E-state index is 0.591. The van der Waals surface area contributed by atoms with Crippen LogP contribution in [-0.2, 0) is 0 Å². The topological polar surface area (TPSA) is 47.6 Å². The maximum atomic E-state index is 9.48. The number of allylic oxidation sites excluding steroid dienone is 2. The van der Waals surface area contributed by atoms with E-state index in [1.165, 1.54) is 0 Å². The van der Waals surface area contributed by atoms with Gasteiger partial charge in [-0.25, -0.2) is 0 Å². The molecule has 0 aliphatic heterocycles. The van der Waals surface area contributed by atoms with E-state index in [4.69, 9.17) is 0 Å². The molecule has 122 valence electrons. The summed E-state index contributed by atoms with van der Waals surface area (Å²) in [5.41, 5.74) is 4.81. The molecule has 0 N–H and O–H groups in total. The van der Waals surface area contributed by atoms with Crippen LogP contribution in [0.1, 0.15) is 22.3 Å². The first-order chi connectivity index (χ1) is 12.8. The molecular formula is C24H16N2. The Kier molecular flexibility index (Phi) is 5.41. The van der Waals surface area contributed by atoms with Gasteiger partial charge in [0, 0.05) is 0 Å². The summed E-state index contributed by atoms with van der Waals surface area (Å²) in [4.78, 5) is 0. The Morgan fingerprint density at radius 2 is 0.885 bits per heavy atom. The van der Waals surface area contributed by atoms with E-state index in [1.54, 1.807) is 0 Å². The van der Waals surface area contributed by atoms with Crippen LogP contribution in [0.15, 0.2) is 84.9 Å². The Morgan fingerprint density at radius 1 is 0.538 bits per heavy atom. The molecule has 0 atom stereocenters. The predicted octanol–water partition coefficient (Wildman–Crippen LogP) is 5.81. The van der Waals surface area contributed by atoms with Gasteiger partial charge in [0.25, 0.3) is 0 Å². The van der Waals surface area contributed by atoms with Crippen molar-refractivity contribution in [3.8, 4) is 12.1 Å². The number of hydrogen-bond donors (Lipinski definition) is 0. The normalized spacial score (nSPS) is 11.5. The van der Waals surface area contributed by atoms with Gasteiger partial charge < -0.3 is 0 Å². The Hall–Kier alpha value is -3.88. The molecule has 0 unspecified atom stereocenters. The van der Waals surface area contributed by atoms with Crippen molar-refractivity contribution in [2.45, 2.75) is 0 Å². The first-order valence-corrected chi connectivity index (χ1v) is 8.24. The highest BCUT2D eigenvalue weighted by molar-refractivity contribution is 5.92. The Bertz CT molecular complexity index is 927. The molecule has 26 heavy (non-hydrogen) atoms. The second-order valence-corrected chi connectivity index (χ2v) is 5.74. The van der Waals surface area contributed by atoms with Gasteiger partial charge in [0.05, 0.1) is 23.3 Å². The molecule has 0 saturated heterocycles. The highest BCUT2D eigenvalue weighted by Gasteiger charge is 2.05. The van der Waals surface area contributed by atoms with Gasteiger partial charge >= 0.3 is 0 Å². The molecule has 0 aliphatic carbocycles. The Labute approximate surface area is 153 Å². The van der Waals surface area contributed by atoms with Crippen molar-refractivity contribution >= 4 is 23.3 Å². The average molecular weight is 332 g/mol. The lowest BCUT2D eigenvalue weighted by atomic mass is 9.99. The van der Waals surface area contributed by atoms with Crippen LogP contribution >= 0.6 is 0 Å². The Balaban J connectivity index is 1.90. The fourth-order valence-corrected chi connectivity index (χ4v) is 2.62. The van der Waals surface area contributed by atoms with E-state index >= 15 is 0 Å². The van der Waals surface area contributed by atoms with Crippen molar-refractivity contribution in [1.82, 2.24) is 0 Å². The second kappa shape index (κ2) is 8.29. The first-order valence-electron chi connectivity index (χ1n) is 8.24. The van der Waals surface area contributed by atoms with E-state index in [0.717, 1.165) is 22.3 Å². The molecule has 0 heterocycles. The number of nitriles is 2. The molecule has 2 nitrogen and oxygen atoms in total. The van der Waals surface area contributed by atoms with Crippen molar-refractivity contribution in [1.29, 1.82) is 10.5 Å². The van der Waals surface area contributed by atoms with E-state index in [2.05, 4.69) is 12.1 Å². The quantitative estimate of drug-likeness (QED) is 0.447. The zero-order chi connectivity index (χ0) is 18.2. The largest absolute Gasteiger partial charge is 0.192 e. The number of hydrogen-bond acceptors (Lipinski definition) is 2. The van der Waals surface area contributed by atoms with E-state index in [-0.39, 0.29) is 0 Å². The summed E-state index contributed by atoms with van der Waals surface area (Å²) in [7, 11) is 0. The third-order valence-electron chi connectivity index (χ3n) is 3.97. The van der Waals surface area contributed by atoms with Crippen LogP contribution in [-0.4, -0.2) is 0 Å². The van der Waals surface area contributed by atoms with Crippen LogP contribution in [0.4, 0.5) is 0 Å². The molecule has 3 aromatic rings. The highest BCUT2D eigenvalue weighted by Crippen LogP contribution is 2.22. The fourth-order valence-electron chi connectivity index (χ4n) is 2.62. The summed E-state index contributed by atoms with van der Waals surface area (Å²) in [5.74, 6) is 0. The van der Waals surface area contributed by atoms with Crippen molar-refractivity contribution < 1.29 is 0 Å². The smallest absolute Gasteiger partial charge is 0.0998 e. The number of nitrogens with zero attached hydrogens (tertiary/aromatic N) is 2. The summed E-state index contributed by atoms with van der Waals surface area (Å²) in [5, 5.41) is 19.0. The van der Waals surface area contributed by atoms with Crippen LogP contribution in [0.3, 0.4) is 0 Å². The molecule has 0 amide bonds. The summed E-state index contributed by atoms with van der Waals surface area (Å²) < 4.78 is 0. The van der Waals surface area contributed by atoms with Gasteiger partial charge in [-0.15, -0.1) is 0 Å². The van der Waals surface area contributed by atoms with E-state index in [9.17, 15) is 10.5 Å². The molecule has 3 aromatic carbocycles. The zero-order valence-corrected chi connectivity index (χ0v) is 14.1. The van der Waals surface area contributed by atoms with E-state index in [0.29, 0.717) is 11.1 Å². The fraction of sp³-hybridized carbons (Fsp3) is 0. The lowest BCUT2D eigenvalue weighted by Crippen LogP contribution is -1.86. The monoisotopic (exact) mass is 332 g/mol. The summed E-state index contributed by atoms with van der Waals surface area (Å²) in [6.07, 6.45) is 3.72. The van der Waals surface area contributed by atoms with Crippen LogP contribution in [0.25, 0.3) is 23.3 Å². The molecule has 0 fully saturated rings. The molecule has 0 aliphatic rings. The van der Waals surface area contributed by atoms with E-state index < -0.39 is 0 Å². The van der Waals surface area contributed by atoms with Gasteiger partial charge in [0.1, 0.15) is 0 Å². The van der Waals surface area contributed by atoms with Crippen molar-refractivity contribution in [3.63, 3.8) is 0 Å². The van der Waals surface area contributed by atoms with Gasteiger partial charge in [-0.3, -0.25) is 0 Å². The molecule has 0 spiro atoms. The molecule has 0 radical (unpaired) electrons. The average Bonchev–Trinajstić information content (AvgIpc) is 2.72.